The first-order valence-electron chi connectivity index (χ1n) is 6.28. The molecule has 0 amide bonds. The van der Waals surface area contributed by atoms with Crippen LogP contribution in [0.15, 0.2) is 0 Å². The third-order valence-electron chi connectivity index (χ3n) is 3.63. The second-order valence-electron chi connectivity index (χ2n) is 4.99. The van der Waals surface area contributed by atoms with Gasteiger partial charge in [0.05, 0.1) is 11.5 Å². The Balaban J connectivity index is 1.81. The molecule has 0 aromatic carbocycles. The minimum absolute atomic E-state index is 0.290. The lowest BCUT2D eigenvalue weighted by Crippen LogP contribution is -2.38. The summed E-state index contributed by atoms with van der Waals surface area (Å²) >= 11 is 0. The normalized spacial score (nSPS) is 34.6. The molecule has 0 aromatic rings. The van der Waals surface area contributed by atoms with Gasteiger partial charge in [-0.2, -0.15) is 0 Å². The van der Waals surface area contributed by atoms with Crippen molar-refractivity contribution in [1.82, 2.24) is 10.2 Å². The van der Waals surface area contributed by atoms with Crippen LogP contribution in [0.1, 0.15) is 26.2 Å². The topological polar surface area (TPSA) is 49.4 Å². The van der Waals surface area contributed by atoms with Gasteiger partial charge in [-0.05, 0) is 25.8 Å². The number of hydrogen-bond donors (Lipinski definition) is 1. The van der Waals surface area contributed by atoms with E-state index in [4.69, 9.17) is 0 Å². The van der Waals surface area contributed by atoms with Gasteiger partial charge >= 0.3 is 0 Å². The molecule has 2 aliphatic rings. The fraction of sp³-hybridized carbons (Fsp3) is 1.00. The summed E-state index contributed by atoms with van der Waals surface area (Å²) in [6.07, 6.45) is 3.16. The molecule has 4 nitrogen and oxygen atoms in total. The van der Waals surface area contributed by atoms with Gasteiger partial charge in [-0.25, -0.2) is 8.42 Å². The standard InChI is InChI=1S/C11H22N2O2S/c1-2-5-12-10-3-6-13(8-10)11-4-7-16(14,15)9-11/h10-12H,2-9H2,1H3. The minimum Gasteiger partial charge on any atom is -0.313 e. The number of nitrogens with one attached hydrogen (secondary N) is 1. The smallest absolute Gasteiger partial charge is 0.151 e. The molecule has 2 unspecified atom stereocenters. The third kappa shape index (κ3) is 2.96. The molecule has 2 fully saturated rings. The van der Waals surface area contributed by atoms with E-state index in [1.165, 1.54) is 0 Å². The van der Waals surface area contributed by atoms with Crippen molar-refractivity contribution in [2.24, 2.45) is 0 Å². The van der Waals surface area contributed by atoms with E-state index in [0.717, 1.165) is 38.9 Å². The molecular weight excluding hydrogens is 224 g/mol. The first kappa shape index (κ1) is 12.3. The molecule has 2 saturated heterocycles. The molecular formula is C11H22N2O2S. The minimum atomic E-state index is -2.73. The predicted molar refractivity (Wildman–Crippen MR) is 65.3 cm³/mol. The maximum Gasteiger partial charge on any atom is 0.151 e. The van der Waals surface area contributed by atoms with Gasteiger partial charge in [-0.15, -0.1) is 0 Å². The van der Waals surface area contributed by atoms with Crippen LogP contribution in [0.4, 0.5) is 0 Å². The van der Waals surface area contributed by atoms with E-state index in [0.29, 0.717) is 23.6 Å². The van der Waals surface area contributed by atoms with E-state index in [1.54, 1.807) is 0 Å². The largest absolute Gasteiger partial charge is 0.313 e. The van der Waals surface area contributed by atoms with Crippen LogP contribution in [0.5, 0.6) is 0 Å². The van der Waals surface area contributed by atoms with Crippen molar-refractivity contribution >= 4 is 9.84 Å². The second-order valence-corrected chi connectivity index (χ2v) is 7.22. The molecule has 2 heterocycles. The molecule has 2 aliphatic heterocycles. The van der Waals surface area contributed by atoms with E-state index in [9.17, 15) is 8.42 Å². The number of rotatable bonds is 4. The highest BCUT2D eigenvalue weighted by Gasteiger charge is 2.35. The summed E-state index contributed by atoms with van der Waals surface area (Å²) in [5.74, 6) is 0.773. The summed E-state index contributed by atoms with van der Waals surface area (Å²) in [6.45, 7) is 5.33. The maximum atomic E-state index is 11.4. The molecule has 0 aliphatic carbocycles. The highest BCUT2D eigenvalue weighted by molar-refractivity contribution is 7.91. The van der Waals surface area contributed by atoms with Crippen molar-refractivity contribution in [1.29, 1.82) is 0 Å². The molecule has 2 atom stereocenters. The zero-order valence-electron chi connectivity index (χ0n) is 9.98. The molecule has 0 bridgehead atoms. The van der Waals surface area contributed by atoms with Crippen molar-refractivity contribution in [2.75, 3.05) is 31.1 Å². The lowest BCUT2D eigenvalue weighted by molar-refractivity contribution is 0.256. The Kier molecular flexibility index (Phi) is 3.87. The quantitative estimate of drug-likeness (QED) is 0.772. The van der Waals surface area contributed by atoms with Gasteiger partial charge in [0.15, 0.2) is 9.84 Å². The molecule has 1 N–H and O–H groups in total. The van der Waals surface area contributed by atoms with Gasteiger partial charge in [-0.1, -0.05) is 6.92 Å². The maximum absolute atomic E-state index is 11.4. The molecule has 94 valence electrons. The molecule has 5 heteroatoms. The van der Waals surface area contributed by atoms with Crippen molar-refractivity contribution in [3.05, 3.63) is 0 Å². The van der Waals surface area contributed by atoms with Crippen LogP contribution in [0.3, 0.4) is 0 Å². The Morgan fingerprint density at radius 2 is 2.19 bits per heavy atom. The molecule has 16 heavy (non-hydrogen) atoms. The summed E-state index contributed by atoms with van der Waals surface area (Å²) in [7, 11) is -2.73. The molecule has 0 saturated carbocycles. The average Bonchev–Trinajstić information content (AvgIpc) is 2.81. The van der Waals surface area contributed by atoms with Gasteiger partial charge in [0.25, 0.3) is 0 Å². The summed E-state index contributed by atoms with van der Waals surface area (Å²) in [5.41, 5.74) is 0. The van der Waals surface area contributed by atoms with Crippen molar-refractivity contribution < 1.29 is 8.42 Å². The highest BCUT2D eigenvalue weighted by atomic mass is 32.2. The monoisotopic (exact) mass is 246 g/mol. The van der Waals surface area contributed by atoms with Crippen LogP contribution in [-0.2, 0) is 9.84 Å². The Hall–Kier alpha value is -0.130. The average molecular weight is 246 g/mol. The summed E-state index contributed by atoms with van der Waals surface area (Å²) in [4.78, 5) is 2.36. The first-order chi connectivity index (χ1) is 7.61. The van der Waals surface area contributed by atoms with Gasteiger partial charge < -0.3 is 5.32 Å². The zero-order chi connectivity index (χ0) is 11.6. The zero-order valence-corrected chi connectivity index (χ0v) is 10.8. The first-order valence-corrected chi connectivity index (χ1v) is 8.11. The predicted octanol–water partition coefficient (Wildman–Crippen LogP) is 0.247. The summed E-state index contributed by atoms with van der Waals surface area (Å²) in [5, 5.41) is 3.51. The van der Waals surface area contributed by atoms with E-state index in [1.807, 2.05) is 0 Å². The molecule has 2 rings (SSSR count). The Morgan fingerprint density at radius 1 is 1.38 bits per heavy atom. The lowest BCUT2D eigenvalue weighted by Gasteiger charge is -2.22. The van der Waals surface area contributed by atoms with E-state index < -0.39 is 9.84 Å². The number of nitrogens with zero attached hydrogens (tertiary/aromatic N) is 1. The number of likely N-dealkylation sites (tertiary alicyclic amines) is 1. The Morgan fingerprint density at radius 3 is 2.81 bits per heavy atom. The van der Waals surface area contributed by atoms with E-state index >= 15 is 0 Å². The van der Waals surface area contributed by atoms with Gasteiger partial charge in [0.2, 0.25) is 0 Å². The molecule has 0 aromatic heterocycles. The van der Waals surface area contributed by atoms with Gasteiger partial charge in [0, 0.05) is 25.2 Å². The van der Waals surface area contributed by atoms with Crippen LogP contribution >= 0.6 is 0 Å². The molecule has 0 radical (unpaired) electrons. The SMILES string of the molecule is CCCNC1CCN(C2CCS(=O)(=O)C2)C1. The van der Waals surface area contributed by atoms with Crippen molar-refractivity contribution in [3.63, 3.8) is 0 Å². The van der Waals surface area contributed by atoms with E-state index in [-0.39, 0.29) is 0 Å². The fourth-order valence-electron chi connectivity index (χ4n) is 2.70. The fourth-order valence-corrected chi connectivity index (χ4v) is 4.46. The summed E-state index contributed by atoms with van der Waals surface area (Å²) in [6, 6.07) is 0.863. The third-order valence-corrected chi connectivity index (χ3v) is 5.38. The lowest BCUT2D eigenvalue weighted by atomic mass is 10.2. The van der Waals surface area contributed by atoms with E-state index in [2.05, 4.69) is 17.1 Å². The van der Waals surface area contributed by atoms with Crippen molar-refractivity contribution in [3.8, 4) is 0 Å². The number of hydrogen-bond acceptors (Lipinski definition) is 4. The number of sulfone groups is 1. The Bertz CT molecular complexity index is 329. The summed E-state index contributed by atoms with van der Waals surface area (Å²) < 4.78 is 22.8. The van der Waals surface area contributed by atoms with Gasteiger partial charge in [0.1, 0.15) is 0 Å². The van der Waals surface area contributed by atoms with Crippen LogP contribution in [0.25, 0.3) is 0 Å². The Labute approximate surface area is 98.3 Å². The van der Waals surface area contributed by atoms with Crippen LogP contribution in [0.2, 0.25) is 0 Å². The van der Waals surface area contributed by atoms with Crippen LogP contribution < -0.4 is 5.32 Å². The van der Waals surface area contributed by atoms with Crippen molar-refractivity contribution in [2.45, 2.75) is 38.3 Å². The van der Waals surface area contributed by atoms with Crippen LogP contribution in [-0.4, -0.2) is 56.5 Å². The highest BCUT2D eigenvalue weighted by Crippen LogP contribution is 2.22. The van der Waals surface area contributed by atoms with Gasteiger partial charge in [-0.3, -0.25) is 4.90 Å². The molecule has 0 spiro atoms. The second kappa shape index (κ2) is 5.02. The van der Waals surface area contributed by atoms with Crippen LogP contribution in [0, 0.1) is 0 Å².